The van der Waals surface area contributed by atoms with Crippen LogP contribution in [-0.4, -0.2) is 9.71 Å². The fourth-order valence-corrected chi connectivity index (χ4v) is 1.09. The van der Waals surface area contributed by atoms with Gasteiger partial charge in [-0.2, -0.15) is 4.73 Å². The van der Waals surface area contributed by atoms with Crippen LogP contribution in [0.15, 0.2) is 49.6 Å². The maximum absolute atomic E-state index is 5.44. The van der Waals surface area contributed by atoms with E-state index in [0.717, 1.165) is 11.3 Å². The van der Waals surface area contributed by atoms with Gasteiger partial charge in [-0.15, -0.1) is 0 Å². The van der Waals surface area contributed by atoms with Crippen molar-refractivity contribution < 1.29 is 4.84 Å². The van der Waals surface area contributed by atoms with Crippen molar-refractivity contribution in [3.8, 4) is 5.75 Å². The van der Waals surface area contributed by atoms with Crippen LogP contribution in [0.1, 0.15) is 5.56 Å². The lowest BCUT2D eigenvalue weighted by Gasteiger charge is -2.04. The highest BCUT2D eigenvalue weighted by molar-refractivity contribution is 5.48. The molecule has 0 saturated heterocycles. The summed E-state index contributed by atoms with van der Waals surface area (Å²) in [5.74, 6) is 0.772. The number of hydrogen-bond donors (Lipinski definition) is 0. The van der Waals surface area contributed by atoms with E-state index < -0.39 is 0 Å². The van der Waals surface area contributed by atoms with Gasteiger partial charge in [0.15, 0.2) is 5.75 Å². The van der Waals surface area contributed by atoms with Gasteiger partial charge in [-0.05, 0) is 17.7 Å². The Morgan fingerprint density at radius 2 is 2.07 bits per heavy atom. The maximum atomic E-state index is 5.44. The van der Waals surface area contributed by atoms with E-state index in [2.05, 4.69) is 11.6 Å². The van der Waals surface area contributed by atoms with Crippen LogP contribution >= 0.6 is 0 Å². The molecule has 3 heteroatoms. The van der Waals surface area contributed by atoms with E-state index in [1.165, 1.54) is 0 Å². The van der Waals surface area contributed by atoms with Gasteiger partial charge >= 0.3 is 0 Å². The van der Waals surface area contributed by atoms with Crippen molar-refractivity contribution in [2.45, 2.75) is 0 Å². The lowest BCUT2D eigenvalue weighted by molar-refractivity contribution is 0.215. The number of hydrogen-bond acceptors (Lipinski definition) is 2. The molecule has 1 heterocycles. The van der Waals surface area contributed by atoms with Crippen LogP contribution in [0.2, 0.25) is 0 Å². The van der Waals surface area contributed by atoms with E-state index >= 15 is 0 Å². The molecule has 0 unspecified atom stereocenters. The topological polar surface area (TPSA) is 27.1 Å². The minimum Gasteiger partial charge on any atom is -0.374 e. The summed E-state index contributed by atoms with van der Waals surface area (Å²) in [4.78, 5) is 9.31. The van der Waals surface area contributed by atoms with Crippen molar-refractivity contribution in [1.29, 1.82) is 0 Å². The second-order valence-corrected chi connectivity index (χ2v) is 2.79. The summed E-state index contributed by atoms with van der Waals surface area (Å²) in [5.41, 5.74) is 1.07. The zero-order valence-corrected chi connectivity index (χ0v) is 7.63. The average Bonchev–Trinajstić information content (AvgIpc) is 2.72. The normalized spacial score (nSPS) is 9.71. The summed E-state index contributed by atoms with van der Waals surface area (Å²) in [6, 6.07) is 7.66. The Labute approximate surface area is 82.2 Å². The van der Waals surface area contributed by atoms with Gasteiger partial charge in [0.05, 0.1) is 6.20 Å². The molecule has 2 aromatic rings. The Morgan fingerprint density at radius 3 is 2.64 bits per heavy atom. The van der Waals surface area contributed by atoms with E-state index in [1.54, 1.807) is 29.5 Å². The first-order valence-electron chi connectivity index (χ1n) is 4.27. The largest absolute Gasteiger partial charge is 0.374 e. The number of nitrogens with zero attached hydrogens (tertiary/aromatic N) is 2. The third-order valence-corrected chi connectivity index (χ3v) is 1.81. The van der Waals surface area contributed by atoms with Gasteiger partial charge in [-0.25, -0.2) is 4.98 Å². The van der Waals surface area contributed by atoms with Gasteiger partial charge < -0.3 is 4.84 Å². The molecule has 70 valence electrons. The van der Waals surface area contributed by atoms with Crippen LogP contribution in [0.4, 0.5) is 0 Å². The summed E-state index contributed by atoms with van der Waals surface area (Å²) >= 11 is 0. The minimum absolute atomic E-state index is 0.772. The van der Waals surface area contributed by atoms with Crippen molar-refractivity contribution in [3.63, 3.8) is 0 Å². The summed E-state index contributed by atoms with van der Waals surface area (Å²) in [7, 11) is 0. The zero-order valence-electron chi connectivity index (χ0n) is 7.63. The molecule has 0 amide bonds. The third kappa shape index (κ3) is 1.82. The smallest absolute Gasteiger partial charge is 0.155 e. The molecule has 1 aromatic heterocycles. The van der Waals surface area contributed by atoms with Crippen molar-refractivity contribution in [3.05, 3.63) is 55.1 Å². The maximum Gasteiger partial charge on any atom is 0.155 e. The molecule has 3 nitrogen and oxygen atoms in total. The standard InChI is InChI=1S/C11H10N2O/c1-2-10-3-5-11(6-4-10)14-13-8-7-12-9-13/h2-9H,1H2. The number of imidazole rings is 1. The van der Waals surface area contributed by atoms with Crippen molar-refractivity contribution in [2.75, 3.05) is 0 Å². The summed E-state index contributed by atoms with van der Waals surface area (Å²) in [5, 5.41) is 0. The van der Waals surface area contributed by atoms with E-state index in [9.17, 15) is 0 Å². The Kier molecular flexibility index (Phi) is 2.32. The quantitative estimate of drug-likeness (QED) is 0.735. The lowest BCUT2D eigenvalue weighted by atomic mass is 10.2. The van der Waals surface area contributed by atoms with Gasteiger partial charge in [0.1, 0.15) is 6.33 Å². The Bertz CT molecular complexity index is 403. The van der Waals surface area contributed by atoms with Gasteiger partial charge in [0.2, 0.25) is 0 Å². The van der Waals surface area contributed by atoms with Crippen molar-refractivity contribution >= 4 is 6.08 Å². The number of aromatic nitrogens is 2. The Hall–Kier alpha value is -2.03. The predicted molar refractivity (Wildman–Crippen MR) is 54.8 cm³/mol. The SMILES string of the molecule is C=Cc1ccc(On2ccnc2)cc1. The van der Waals surface area contributed by atoms with Crippen LogP contribution < -0.4 is 4.84 Å². The van der Waals surface area contributed by atoms with Gasteiger partial charge in [-0.3, -0.25) is 0 Å². The van der Waals surface area contributed by atoms with Crippen LogP contribution in [0.3, 0.4) is 0 Å². The first-order valence-corrected chi connectivity index (χ1v) is 4.27. The van der Waals surface area contributed by atoms with Gasteiger partial charge in [-0.1, -0.05) is 24.8 Å². The second kappa shape index (κ2) is 3.79. The van der Waals surface area contributed by atoms with Crippen LogP contribution in [0.25, 0.3) is 6.08 Å². The van der Waals surface area contributed by atoms with Crippen LogP contribution in [-0.2, 0) is 0 Å². The Morgan fingerprint density at radius 1 is 1.29 bits per heavy atom. The lowest BCUT2D eigenvalue weighted by Crippen LogP contribution is -2.00. The molecule has 0 bridgehead atoms. The van der Waals surface area contributed by atoms with Crippen LogP contribution in [0, 0.1) is 0 Å². The monoisotopic (exact) mass is 186 g/mol. The highest BCUT2D eigenvalue weighted by Gasteiger charge is 1.94. The van der Waals surface area contributed by atoms with E-state index in [0.29, 0.717) is 0 Å². The molecule has 0 radical (unpaired) electrons. The highest BCUT2D eigenvalue weighted by atomic mass is 16.7. The third-order valence-electron chi connectivity index (χ3n) is 1.81. The van der Waals surface area contributed by atoms with E-state index in [-0.39, 0.29) is 0 Å². The molecule has 0 N–H and O–H groups in total. The first kappa shape index (κ1) is 8.56. The predicted octanol–water partition coefficient (Wildman–Crippen LogP) is 2.37. The highest BCUT2D eigenvalue weighted by Crippen LogP contribution is 2.13. The molecule has 0 atom stereocenters. The molecule has 0 spiro atoms. The molecule has 0 aliphatic heterocycles. The first-order chi connectivity index (χ1) is 6.88. The fraction of sp³-hybridized carbons (Fsp3) is 0. The van der Waals surface area contributed by atoms with Crippen molar-refractivity contribution in [1.82, 2.24) is 9.71 Å². The van der Waals surface area contributed by atoms with E-state index in [4.69, 9.17) is 4.84 Å². The summed E-state index contributed by atoms with van der Waals surface area (Å²) < 4.78 is 1.54. The summed E-state index contributed by atoms with van der Waals surface area (Å²) in [6.07, 6.45) is 6.79. The second-order valence-electron chi connectivity index (χ2n) is 2.79. The van der Waals surface area contributed by atoms with Crippen LogP contribution in [0.5, 0.6) is 5.75 Å². The molecule has 14 heavy (non-hydrogen) atoms. The number of benzene rings is 1. The molecule has 0 aliphatic carbocycles. The Balaban J connectivity index is 2.14. The van der Waals surface area contributed by atoms with Gasteiger partial charge in [0, 0.05) is 6.20 Å². The number of rotatable bonds is 3. The minimum atomic E-state index is 0.772. The summed E-state index contributed by atoms with van der Waals surface area (Å²) in [6.45, 7) is 3.68. The molecule has 0 fully saturated rings. The molecule has 0 saturated carbocycles. The molecule has 0 aliphatic rings. The van der Waals surface area contributed by atoms with Crippen molar-refractivity contribution in [2.24, 2.45) is 0 Å². The van der Waals surface area contributed by atoms with E-state index in [1.807, 2.05) is 24.3 Å². The average molecular weight is 186 g/mol. The molecular weight excluding hydrogens is 176 g/mol. The molecular formula is C11H10N2O. The fourth-order valence-electron chi connectivity index (χ4n) is 1.09. The molecule has 1 aromatic carbocycles. The van der Waals surface area contributed by atoms with Gasteiger partial charge in [0.25, 0.3) is 0 Å². The molecule has 2 rings (SSSR count). The zero-order chi connectivity index (χ0) is 9.80.